The summed E-state index contributed by atoms with van der Waals surface area (Å²) in [5.74, 6) is 0.723. The second-order valence-corrected chi connectivity index (χ2v) is 5.90. The number of hydrogen-bond acceptors (Lipinski definition) is 4. The SMILES string of the molecule is CCCCCN1CCC(Cn2cc(CCO)nn2)CC1. The van der Waals surface area contributed by atoms with E-state index in [2.05, 4.69) is 22.1 Å². The average Bonchev–Trinajstić information content (AvgIpc) is 2.89. The number of aromatic nitrogens is 3. The number of aliphatic hydroxyl groups is 1. The van der Waals surface area contributed by atoms with Crippen LogP contribution in [0.1, 0.15) is 44.7 Å². The van der Waals surface area contributed by atoms with Crippen LogP contribution in [0.15, 0.2) is 6.20 Å². The Morgan fingerprint density at radius 1 is 1.30 bits per heavy atom. The Bertz CT molecular complexity index is 372. The molecule has 0 bridgehead atoms. The van der Waals surface area contributed by atoms with Crippen molar-refractivity contribution >= 4 is 0 Å². The van der Waals surface area contributed by atoms with E-state index in [1.165, 1.54) is 51.7 Å². The molecule has 1 aromatic heterocycles. The molecule has 20 heavy (non-hydrogen) atoms. The van der Waals surface area contributed by atoms with Crippen LogP contribution in [-0.4, -0.2) is 51.2 Å². The van der Waals surface area contributed by atoms with E-state index in [1.807, 2.05) is 10.9 Å². The molecule has 0 saturated carbocycles. The third-order valence-corrected chi connectivity index (χ3v) is 4.18. The van der Waals surface area contributed by atoms with Crippen molar-refractivity contribution in [1.82, 2.24) is 19.9 Å². The van der Waals surface area contributed by atoms with Crippen LogP contribution in [0.5, 0.6) is 0 Å². The fraction of sp³-hybridized carbons (Fsp3) is 0.867. The number of hydrogen-bond donors (Lipinski definition) is 1. The summed E-state index contributed by atoms with van der Waals surface area (Å²) in [6.07, 6.45) is 9.11. The predicted molar refractivity (Wildman–Crippen MR) is 79.5 cm³/mol. The van der Waals surface area contributed by atoms with E-state index in [0.717, 1.165) is 18.2 Å². The Labute approximate surface area is 122 Å². The fourth-order valence-corrected chi connectivity index (χ4v) is 2.90. The van der Waals surface area contributed by atoms with Crippen LogP contribution >= 0.6 is 0 Å². The summed E-state index contributed by atoms with van der Waals surface area (Å²) in [4.78, 5) is 2.60. The molecule has 0 aliphatic carbocycles. The molecule has 2 heterocycles. The number of aliphatic hydroxyl groups excluding tert-OH is 1. The van der Waals surface area contributed by atoms with Gasteiger partial charge in [0.15, 0.2) is 0 Å². The monoisotopic (exact) mass is 280 g/mol. The van der Waals surface area contributed by atoms with Gasteiger partial charge in [0.2, 0.25) is 0 Å². The minimum Gasteiger partial charge on any atom is -0.396 e. The van der Waals surface area contributed by atoms with Crippen molar-refractivity contribution in [3.8, 4) is 0 Å². The van der Waals surface area contributed by atoms with Gasteiger partial charge in [-0.2, -0.15) is 0 Å². The van der Waals surface area contributed by atoms with Crippen LogP contribution in [0.4, 0.5) is 0 Å². The van der Waals surface area contributed by atoms with Gasteiger partial charge < -0.3 is 10.0 Å². The van der Waals surface area contributed by atoms with Gasteiger partial charge in [-0.05, 0) is 44.8 Å². The summed E-state index contributed by atoms with van der Waals surface area (Å²) in [6.45, 7) is 7.11. The zero-order valence-corrected chi connectivity index (χ0v) is 12.7. The van der Waals surface area contributed by atoms with E-state index in [9.17, 15) is 0 Å². The number of unbranched alkanes of at least 4 members (excludes halogenated alkanes) is 2. The fourth-order valence-electron chi connectivity index (χ4n) is 2.90. The summed E-state index contributed by atoms with van der Waals surface area (Å²) in [5.41, 5.74) is 0.893. The van der Waals surface area contributed by atoms with Gasteiger partial charge >= 0.3 is 0 Å². The topological polar surface area (TPSA) is 54.2 Å². The molecule has 5 heteroatoms. The number of piperidine rings is 1. The first-order valence-electron chi connectivity index (χ1n) is 8.04. The molecule has 2 rings (SSSR count). The van der Waals surface area contributed by atoms with Gasteiger partial charge in [0, 0.05) is 25.8 Å². The summed E-state index contributed by atoms with van der Waals surface area (Å²) >= 11 is 0. The van der Waals surface area contributed by atoms with Gasteiger partial charge in [-0.25, -0.2) is 0 Å². The van der Waals surface area contributed by atoms with Crippen LogP contribution in [-0.2, 0) is 13.0 Å². The van der Waals surface area contributed by atoms with Crippen LogP contribution in [0, 0.1) is 5.92 Å². The van der Waals surface area contributed by atoms with E-state index in [4.69, 9.17) is 5.11 Å². The van der Waals surface area contributed by atoms with Crippen LogP contribution in [0.2, 0.25) is 0 Å². The lowest BCUT2D eigenvalue weighted by molar-refractivity contribution is 0.168. The Kier molecular flexibility index (Phi) is 6.47. The van der Waals surface area contributed by atoms with E-state index < -0.39 is 0 Å². The molecule has 1 saturated heterocycles. The quantitative estimate of drug-likeness (QED) is 0.737. The zero-order chi connectivity index (χ0) is 14.2. The lowest BCUT2D eigenvalue weighted by Gasteiger charge is -2.31. The summed E-state index contributed by atoms with van der Waals surface area (Å²) in [7, 11) is 0. The first kappa shape index (κ1) is 15.4. The Hall–Kier alpha value is -0.940. The average molecular weight is 280 g/mol. The van der Waals surface area contributed by atoms with Gasteiger partial charge in [0.05, 0.1) is 5.69 Å². The van der Waals surface area contributed by atoms with E-state index in [-0.39, 0.29) is 6.61 Å². The van der Waals surface area contributed by atoms with Crippen molar-refractivity contribution in [1.29, 1.82) is 0 Å². The molecule has 1 N–H and O–H groups in total. The maximum Gasteiger partial charge on any atom is 0.0849 e. The number of nitrogens with zero attached hydrogens (tertiary/aromatic N) is 4. The molecule has 1 aliphatic rings. The molecule has 0 atom stereocenters. The number of likely N-dealkylation sites (tertiary alicyclic amines) is 1. The molecule has 0 amide bonds. The summed E-state index contributed by atoms with van der Waals surface area (Å²) in [5, 5.41) is 17.1. The van der Waals surface area contributed by atoms with Crippen molar-refractivity contribution < 1.29 is 5.11 Å². The molecule has 0 aromatic carbocycles. The van der Waals surface area contributed by atoms with E-state index in [1.54, 1.807) is 0 Å². The molecule has 0 unspecified atom stereocenters. The molecular formula is C15H28N4O. The van der Waals surface area contributed by atoms with E-state index >= 15 is 0 Å². The highest BCUT2D eigenvalue weighted by Crippen LogP contribution is 2.19. The lowest BCUT2D eigenvalue weighted by atomic mass is 9.96. The molecule has 114 valence electrons. The van der Waals surface area contributed by atoms with Crippen LogP contribution in [0.25, 0.3) is 0 Å². The minimum atomic E-state index is 0.148. The molecular weight excluding hydrogens is 252 g/mol. The normalized spacial score (nSPS) is 17.7. The van der Waals surface area contributed by atoms with Gasteiger partial charge in [-0.1, -0.05) is 25.0 Å². The Morgan fingerprint density at radius 2 is 2.10 bits per heavy atom. The van der Waals surface area contributed by atoms with Crippen molar-refractivity contribution in [2.75, 3.05) is 26.2 Å². The highest BCUT2D eigenvalue weighted by Gasteiger charge is 2.19. The molecule has 0 radical (unpaired) electrons. The van der Waals surface area contributed by atoms with Crippen molar-refractivity contribution in [3.63, 3.8) is 0 Å². The minimum absolute atomic E-state index is 0.148. The highest BCUT2D eigenvalue weighted by molar-refractivity contribution is 4.92. The van der Waals surface area contributed by atoms with Crippen molar-refractivity contribution in [2.45, 2.75) is 52.0 Å². The maximum absolute atomic E-state index is 8.89. The molecule has 1 fully saturated rings. The highest BCUT2D eigenvalue weighted by atomic mass is 16.3. The second-order valence-electron chi connectivity index (χ2n) is 5.90. The predicted octanol–water partition coefficient (Wildman–Crippen LogP) is 1.72. The van der Waals surface area contributed by atoms with Crippen molar-refractivity contribution in [3.05, 3.63) is 11.9 Å². The van der Waals surface area contributed by atoms with Gasteiger partial charge in [-0.15, -0.1) is 5.10 Å². The third-order valence-electron chi connectivity index (χ3n) is 4.18. The van der Waals surface area contributed by atoms with E-state index in [0.29, 0.717) is 6.42 Å². The first-order chi connectivity index (χ1) is 9.81. The van der Waals surface area contributed by atoms with Gasteiger partial charge in [0.25, 0.3) is 0 Å². The number of rotatable bonds is 8. The van der Waals surface area contributed by atoms with Gasteiger partial charge in [-0.3, -0.25) is 4.68 Å². The largest absolute Gasteiger partial charge is 0.396 e. The second kappa shape index (κ2) is 8.37. The lowest BCUT2D eigenvalue weighted by Crippen LogP contribution is -2.35. The Morgan fingerprint density at radius 3 is 2.80 bits per heavy atom. The van der Waals surface area contributed by atoms with Gasteiger partial charge in [0.1, 0.15) is 0 Å². The molecule has 0 spiro atoms. The summed E-state index contributed by atoms with van der Waals surface area (Å²) < 4.78 is 1.95. The standard InChI is InChI=1S/C15H28N4O/c1-2-3-4-8-18-9-5-14(6-10-18)12-19-13-15(7-11-20)16-17-19/h13-14,20H,2-12H2,1H3. The smallest absolute Gasteiger partial charge is 0.0849 e. The first-order valence-corrected chi connectivity index (χ1v) is 8.04. The van der Waals surface area contributed by atoms with Crippen molar-refractivity contribution in [2.24, 2.45) is 5.92 Å². The Balaban J connectivity index is 1.68. The van der Waals surface area contributed by atoms with Crippen LogP contribution in [0.3, 0.4) is 0 Å². The molecule has 5 nitrogen and oxygen atoms in total. The molecule has 1 aromatic rings. The summed E-state index contributed by atoms with van der Waals surface area (Å²) in [6, 6.07) is 0. The maximum atomic E-state index is 8.89. The zero-order valence-electron chi connectivity index (χ0n) is 12.7. The molecule has 1 aliphatic heterocycles. The van der Waals surface area contributed by atoms with Crippen LogP contribution < -0.4 is 0 Å². The third kappa shape index (κ3) is 4.87.